The molecule has 0 unspecified atom stereocenters. The zero-order chi connectivity index (χ0) is 13.0. The molecule has 0 amide bonds. The number of nitrogens with one attached hydrogen (secondary N) is 1. The van der Waals surface area contributed by atoms with Gasteiger partial charge in [0.05, 0.1) is 32.2 Å². The van der Waals surface area contributed by atoms with Gasteiger partial charge in [-0.3, -0.25) is 0 Å². The summed E-state index contributed by atoms with van der Waals surface area (Å²) in [5, 5.41) is 2.98. The molecule has 0 saturated heterocycles. The number of aromatic nitrogens is 3. The second-order valence-electron chi connectivity index (χ2n) is 3.50. The quantitative estimate of drug-likeness (QED) is 0.812. The van der Waals surface area contributed by atoms with Crippen molar-refractivity contribution in [2.75, 3.05) is 12.4 Å². The van der Waals surface area contributed by atoms with Crippen LogP contribution in [0.25, 0.3) is 0 Å². The third-order valence-corrected chi connectivity index (χ3v) is 2.14. The summed E-state index contributed by atoms with van der Waals surface area (Å²) in [5.41, 5.74) is 0.162. The van der Waals surface area contributed by atoms with Crippen molar-refractivity contribution in [1.82, 2.24) is 15.0 Å². The molecule has 2 aromatic rings. The topological polar surface area (TPSA) is 90.1 Å². The highest BCUT2D eigenvalue weighted by Crippen LogP contribution is 2.06. The van der Waals surface area contributed by atoms with Gasteiger partial charge in [-0.15, -0.1) is 0 Å². The van der Waals surface area contributed by atoms with E-state index >= 15 is 0 Å². The molecule has 0 saturated carbocycles. The summed E-state index contributed by atoms with van der Waals surface area (Å²) in [7, 11) is 1.29. The molecule has 0 aliphatic carbocycles. The molecule has 7 heteroatoms. The first-order valence-electron chi connectivity index (χ1n) is 5.24. The Hall–Kier alpha value is -2.44. The molecule has 2 rings (SSSR count). The molecule has 0 fully saturated rings. The van der Waals surface area contributed by atoms with Crippen molar-refractivity contribution in [3.05, 3.63) is 35.9 Å². The van der Waals surface area contributed by atoms with E-state index in [0.29, 0.717) is 18.3 Å². The van der Waals surface area contributed by atoms with Crippen LogP contribution in [-0.4, -0.2) is 28.0 Å². The molecular formula is C11H12N4O3. The Morgan fingerprint density at radius 1 is 1.33 bits per heavy atom. The fraction of sp³-hybridized carbons (Fsp3) is 0.273. The Labute approximate surface area is 103 Å². The van der Waals surface area contributed by atoms with Gasteiger partial charge in [0.15, 0.2) is 5.69 Å². The molecule has 0 aliphatic heterocycles. The van der Waals surface area contributed by atoms with Crippen LogP contribution >= 0.6 is 0 Å². The third kappa shape index (κ3) is 2.82. The number of hydrogen-bond acceptors (Lipinski definition) is 7. The van der Waals surface area contributed by atoms with Crippen LogP contribution in [0.4, 0.5) is 5.82 Å². The molecule has 7 nitrogen and oxygen atoms in total. The van der Waals surface area contributed by atoms with Gasteiger partial charge in [-0.05, 0) is 6.92 Å². The Kier molecular flexibility index (Phi) is 3.52. The molecule has 1 N–H and O–H groups in total. The summed E-state index contributed by atoms with van der Waals surface area (Å²) < 4.78 is 9.81. The van der Waals surface area contributed by atoms with Gasteiger partial charge in [0, 0.05) is 0 Å². The molecule has 2 aromatic heterocycles. The van der Waals surface area contributed by atoms with Crippen molar-refractivity contribution in [1.29, 1.82) is 0 Å². The van der Waals surface area contributed by atoms with Crippen molar-refractivity contribution in [3.8, 4) is 0 Å². The number of nitrogens with zero attached hydrogens (tertiary/aromatic N) is 3. The summed E-state index contributed by atoms with van der Waals surface area (Å²) in [4.78, 5) is 23.1. The van der Waals surface area contributed by atoms with Gasteiger partial charge in [0.2, 0.25) is 5.89 Å². The molecule has 94 valence electrons. The Bertz CT molecular complexity index is 535. The van der Waals surface area contributed by atoms with E-state index in [-0.39, 0.29) is 5.69 Å². The molecule has 0 bridgehead atoms. The van der Waals surface area contributed by atoms with Gasteiger partial charge >= 0.3 is 5.97 Å². The van der Waals surface area contributed by atoms with E-state index in [1.165, 1.54) is 19.5 Å². The number of esters is 1. The molecule has 2 heterocycles. The minimum Gasteiger partial charge on any atom is -0.464 e. The van der Waals surface area contributed by atoms with Crippen LogP contribution in [-0.2, 0) is 11.3 Å². The smallest absolute Gasteiger partial charge is 0.358 e. The van der Waals surface area contributed by atoms with E-state index in [4.69, 9.17) is 4.42 Å². The van der Waals surface area contributed by atoms with E-state index in [1.54, 1.807) is 6.20 Å². The van der Waals surface area contributed by atoms with Gasteiger partial charge < -0.3 is 14.5 Å². The van der Waals surface area contributed by atoms with Crippen molar-refractivity contribution >= 4 is 11.8 Å². The van der Waals surface area contributed by atoms with E-state index in [0.717, 1.165) is 5.76 Å². The van der Waals surface area contributed by atoms with Crippen LogP contribution in [0.1, 0.15) is 22.1 Å². The molecule has 0 aromatic carbocycles. The summed E-state index contributed by atoms with van der Waals surface area (Å²) in [6, 6.07) is 0. The van der Waals surface area contributed by atoms with Gasteiger partial charge in [-0.2, -0.15) is 0 Å². The second-order valence-corrected chi connectivity index (χ2v) is 3.50. The Morgan fingerprint density at radius 3 is 2.72 bits per heavy atom. The lowest BCUT2D eigenvalue weighted by atomic mass is 10.4. The first kappa shape index (κ1) is 12.0. The zero-order valence-electron chi connectivity index (χ0n) is 10.0. The number of carbonyl (C=O) groups is 1. The van der Waals surface area contributed by atoms with Gasteiger partial charge in [0.1, 0.15) is 11.6 Å². The number of rotatable bonds is 4. The van der Waals surface area contributed by atoms with Crippen molar-refractivity contribution in [2.45, 2.75) is 13.5 Å². The van der Waals surface area contributed by atoms with Gasteiger partial charge in [-0.25, -0.2) is 19.7 Å². The number of ether oxygens (including phenoxy) is 1. The molecule has 0 radical (unpaired) electrons. The molecule has 0 aliphatic rings. The van der Waals surface area contributed by atoms with E-state index in [9.17, 15) is 4.79 Å². The fourth-order valence-electron chi connectivity index (χ4n) is 1.28. The molecular weight excluding hydrogens is 236 g/mol. The molecule has 18 heavy (non-hydrogen) atoms. The van der Waals surface area contributed by atoms with Gasteiger partial charge in [0.25, 0.3) is 0 Å². The zero-order valence-corrected chi connectivity index (χ0v) is 10.0. The average molecular weight is 248 g/mol. The van der Waals surface area contributed by atoms with Crippen LogP contribution < -0.4 is 5.32 Å². The monoisotopic (exact) mass is 248 g/mol. The SMILES string of the molecule is COC(=O)c1cnc(NCc2ncc(C)o2)cn1. The van der Waals surface area contributed by atoms with Crippen LogP contribution in [0.3, 0.4) is 0 Å². The minimum atomic E-state index is -0.516. The maximum Gasteiger partial charge on any atom is 0.358 e. The number of hydrogen-bond donors (Lipinski definition) is 1. The lowest BCUT2D eigenvalue weighted by Crippen LogP contribution is -2.07. The predicted molar refractivity (Wildman–Crippen MR) is 61.9 cm³/mol. The predicted octanol–water partition coefficient (Wildman–Crippen LogP) is 1.17. The van der Waals surface area contributed by atoms with Gasteiger partial charge in [-0.1, -0.05) is 0 Å². The van der Waals surface area contributed by atoms with E-state index < -0.39 is 5.97 Å². The second kappa shape index (κ2) is 5.26. The highest BCUT2D eigenvalue weighted by atomic mass is 16.5. The van der Waals surface area contributed by atoms with Crippen LogP contribution in [0.2, 0.25) is 0 Å². The van der Waals surface area contributed by atoms with Crippen molar-refractivity contribution in [2.24, 2.45) is 0 Å². The Balaban J connectivity index is 1.96. The lowest BCUT2D eigenvalue weighted by Gasteiger charge is -2.02. The number of carbonyl (C=O) groups excluding carboxylic acids is 1. The number of anilines is 1. The number of aryl methyl sites for hydroxylation is 1. The molecule has 0 atom stereocenters. The van der Waals surface area contributed by atoms with Crippen LogP contribution in [0, 0.1) is 6.92 Å². The summed E-state index contributed by atoms with van der Waals surface area (Å²) in [5.74, 6) is 1.32. The normalized spacial score (nSPS) is 10.1. The van der Waals surface area contributed by atoms with Crippen LogP contribution in [0.5, 0.6) is 0 Å². The minimum absolute atomic E-state index is 0.162. The number of methoxy groups -OCH3 is 1. The van der Waals surface area contributed by atoms with E-state index in [2.05, 4.69) is 25.0 Å². The number of oxazole rings is 1. The third-order valence-electron chi connectivity index (χ3n) is 2.14. The highest BCUT2D eigenvalue weighted by Gasteiger charge is 2.07. The molecule has 0 spiro atoms. The van der Waals surface area contributed by atoms with Crippen molar-refractivity contribution in [3.63, 3.8) is 0 Å². The van der Waals surface area contributed by atoms with Crippen molar-refractivity contribution < 1.29 is 13.9 Å². The maximum atomic E-state index is 11.1. The summed E-state index contributed by atoms with van der Waals surface area (Å²) in [6.45, 7) is 2.22. The summed E-state index contributed by atoms with van der Waals surface area (Å²) in [6.07, 6.45) is 4.43. The summed E-state index contributed by atoms with van der Waals surface area (Å²) >= 11 is 0. The largest absolute Gasteiger partial charge is 0.464 e. The van der Waals surface area contributed by atoms with E-state index in [1.807, 2.05) is 6.92 Å². The standard InChI is InChI=1S/C11H12N4O3/c1-7-3-15-10(18-7)6-14-9-5-12-8(4-13-9)11(16)17-2/h3-5H,6H2,1-2H3,(H,13,14). The first-order chi connectivity index (χ1) is 8.69. The average Bonchev–Trinajstić information content (AvgIpc) is 2.82. The highest BCUT2D eigenvalue weighted by molar-refractivity contribution is 5.86. The van der Waals surface area contributed by atoms with Crippen LogP contribution in [0.15, 0.2) is 23.0 Å². The Morgan fingerprint density at radius 2 is 2.17 bits per heavy atom. The first-order valence-corrected chi connectivity index (χ1v) is 5.24. The maximum absolute atomic E-state index is 11.1. The lowest BCUT2D eigenvalue weighted by molar-refractivity contribution is 0.0593. The fourth-order valence-corrected chi connectivity index (χ4v) is 1.28.